The number of aliphatic hydroxyl groups excluding tert-OH is 2. The van der Waals surface area contributed by atoms with Gasteiger partial charge in [-0.25, -0.2) is 0 Å². The van der Waals surface area contributed by atoms with Crippen molar-refractivity contribution in [2.45, 2.75) is 6.04 Å². The molecule has 0 aromatic heterocycles. The molecule has 0 saturated carbocycles. The number of aliphatic hydroxyl groups is 2. The van der Waals surface area contributed by atoms with Gasteiger partial charge in [0.1, 0.15) is 5.76 Å². The highest BCUT2D eigenvalue weighted by Crippen LogP contribution is 2.41. The largest absolute Gasteiger partial charge is 0.507 e. The standard InChI is InChI=1S/C22H22BrNO7/c1-30-17-12-14(4-7-16(17)26)19-18(20(27)13-2-5-15(23)6-3-13)21(28)22(29)24(19)8-10-31-11-9-25/h2-7,12,19,25-27H,8-11H2,1H3. The van der Waals surface area contributed by atoms with Crippen molar-refractivity contribution in [1.29, 1.82) is 0 Å². The van der Waals surface area contributed by atoms with Gasteiger partial charge in [-0.3, -0.25) is 9.59 Å². The fourth-order valence-electron chi connectivity index (χ4n) is 3.41. The molecular weight excluding hydrogens is 470 g/mol. The summed E-state index contributed by atoms with van der Waals surface area (Å²) in [5, 5.41) is 29.8. The smallest absolute Gasteiger partial charge is 0.295 e. The number of ketones is 1. The molecule has 1 atom stereocenters. The number of phenols is 1. The minimum absolute atomic E-state index is 0.0650. The van der Waals surface area contributed by atoms with Crippen molar-refractivity contribution in [3.05, 3.63) is 63.6 Å². The highest BCUT2D eigenvalue weighted by molar-refractivity contribution is 9.10. The van der Waals surface area contributed by atoms with E-state index in [0.717, 1.165) is 4.47 Å². The predicted molar refractivity (Wildman–Crippen MR) is 116 cm³/mol. The number of hydrogen-bond donors (Lipinski definition) is 3. The number of halogens is 1. The first-order chi connectivity index (χ1) is 14.9. The van der Waals surface area contributed by atoms with Gasteiger partial charge in [0.2, 0.25) is 0 Å². The van der Waals surface area contributed by atoms with Crippen molar-refractivity contribution in [3.8, 4) is 11.5 Å². The number of hydrogen-bond acceptors (Lipinski definition) is 7. The van der Waals surface area contributed by atoms with Crippen LogP contribution in [0.1, 0.15) is 17.2 Å². The number of aromatic hydroxyl groups is 1. The van der Waals surface area contributed by atoms with Crippen molar-refractivity contribution in [2.75, 3.05) is 33.5 Å². The SMILES string of the molecule is COc1cc(C2C(=C(O)c3ccc(Br)cc3)C(=O)C(=O)N2CCOCCO)ccc1O. The topological polar surface area (TPSA) is 117 Å². The molecule has 3 N–H and O–H groups in total. The third kappa shape index (κ3) is 4.73. The van der Waals surface area contributed by atoms with Gasteiger partial charge in [-0.2, -0.15) is 0 Å². The fraction of sp³-hybridized carbons (Fsp3) is 0.273. The molecule has 8 nitrogen and oxygen atoms in total. The van der Waals surface area contributed by atoms with E-state index in [1.54, 1.807) is 30.3 Å². The molecule has 2 aromatic rings. The van der Waals surface area contributed by atoms with E-state index in [1.807, 2.05) is 0 Å². The zero-order valence-electron chi connectivity index (χ0n) is 16.7. The lowest BCUT2D eigenvalue weighted by Gasteiger charge is -2.25. The van der Waals surface area contributed by atoms with Crippen LogP contribution in [0.5, 0.6) is 11.5 Å². The number of phenolic OH excluding ortho intramolecular Hbond substituents is 1. The Kier molecular flexibility index (Phi) is 7.32. The lowest BCUT2D eigenvalue weighted by atomic mass is 9.95. The first kappa shape index (κ1) is 22.8. The molecule has 31 heavy (non-hydrogen) atoms. The Morgan fingerprint density at radius 3 is 2.48 bits per heavy atom. The summed E-state index contributed by atoms with van der Waals surface area (Å²) < 4.78 is 11.2. The number of methoxy groups -OCH3 is 1. The van der Waals surface area contributed by atoms with Gasteiger partial charge in [0.25, 0.3) is 11.7 Å². The second kappa shape index (κ2) is 9.95. The molecule has 0 bridgehead atoms. The molecule has 1 fully saturated rings. The molecular formula is C22H22BrNO7. The Morgan fingerprint density at radius 1 is 1.13 bits per heavy atom. The molecule has 1 amide bonds. The Bertz CT molecular complexity index is 1000. The number of Topliss-reactive ketones (excluding diaryl/α,β-unsaturated/α-hetero) is 1. The van der Waals surface area contributed by atoms with E-state index in [0.29, 0.717) is 11.1 Å². The number of carbonyl (C=O) groups is 2. The first-order valence-corrected chi connectivity index (χ1v) is 10.3. The van der Waals surface area contributed by atoms with E-state index < -0.39 is 17.7 Å². The summed E-state index contributed by atoms with van der Waals surface area (Å²) in [5.74, 6) is -1.82. The summed E-state index contributed by atoms with van der Waals surface area (Å²) in [7, 11) is 1.39. The number of carbonyl (C=O) groups excluding carboxylic acids is 2. The minimum Gasteiger partial charge on any atom is -0.507 e. The number of likely N-dealkylation sites (tertiary alicyclic amines) is 1. The predicted octanol–water partition coefficient (Wildman–Crippen LogP) is 2.59. The van der Waals surface area contributed by atoms with Crippen LogP contribution >= 0.6 is 15.9 Å². The zero-order valence-corrected chi connectivity index (χ0v) is 18.3. The van der Waals surface area contributed by atoms with Crippen LogP contribution in [0.4, 0.5) is 0 Å². The van der Waals surface area contributed by atoms with Crippen LogP contribution in [-0.2, 0) is 14.3 Å². The van der Waals surface area contributed by atoms with Gasteiger partial charge < -0.3 is 29.7 Å². The van der Waals surface area contributed by atoms with Gasteiger partial charge >= 0.3 is 0 Å². The van der Waals surface area contributed by atoms with E-state index in [2.05, 4.69) is 15.9 Å². The third-order valence-corrected chi connectivity index (χ3v) is 5.42. The summed E-state index contributed by atoms with van der Waals surface area (Å²) in [6.07, 6.45) is 0. The van der Waals surface area contributed by atoms with Crippen LogP contribution in [0.2, 0.25) is 0 Å². The number of benzene rings is 2. The van der Waals surface area contributed by atoms with E-state index in [9.17, 15) is 19.8 Å². The van der Waals surface area contributed by atoms with Gasteiger partial charge in [-0.1, -0.05) is 34.1 Å². The number of rotatable bonds is 8. The van der Waals surface area contributed by atoms with E-state index >= 15 is 0 Å². The number of ether oxygens (including phenoxy) is 2. The lowest BCUT2D eigenvalue weighted by molar-refractivity contribution is -0.140. The van der Waals surface area contributed by atoms with Gasteiger partial charge in [-0.15, -0.1) is 0 Å². The molecule has 2 aromatic carbocycles. The Balaban J connectivity index is 2.10. The molecule has 1 aliphatic heterocycles. The van der Waals surface area contributed by atoms with Crippen molar-refractivity contribution in [1.82, 2.24) is 4.90 Å². The summed E-state index contributed by atoms with van der Waals surface area (Å²) >= 11 is 3.33. The second-order valence-corrected chi connectivity index (χ2v) is 7.68. The average molecular weight is 492 g/mol. The Labute approximate surface area is 187 Å². The molecule has 1 heterocycles. The first-order valence-electron chi connectivity index (χ1n) is 9.49. The molecule has 1 saturated heterocycles. The van der Waals surface area contributed by atoms with Crippen LogP contribution in [0.15, 0.2) is 52.5 Å². The van der Waals surface area contributed by atoms with E-state index in [1.165, 1.54) is 24.1 Å². The molecule has 0 aliphatic carbocycles. The van der Waals surface area contributed by atoms with Gasteiger partial charge in [-0.05, 0) is 29.8 Å². The minimum atomic E-state index is -0.907. The highest BCUT2D eigenvalue weighted by Gasteiger charge is 2.46. The summed E-state index contributed by atoms with van der Waals surface area (Å²) in [5.41, 5.74) is 0.797. The summed E-state index contributed by atoms with van der Waals surface area (Å²) in [4.78, 5) is 27.0. The summed E-state index contributed by atoms with van der Waals surface area (Å²) in [6.45, 7) is 0.0919. The Hall–Kier alpha value is -2.88. The number of nitrogens with zero attached hydrogens (tertiary/aromatic N) is 1. The monoisotopic (exact) mass is 491 g/mol. The normalized spacial score (nSPS) is 17.9. The van der Waals surface area contributed by atoms with Crippen LogP contribution in [-0.4, -0.2) is 65.4 Å². The third-order valence-electron chi connectivity index (χ3n) is 4.89. The molecule has 3 rings (SSSR count). The highest BCUT2D eigenvalue weighted by atomic mass is 79.9. The van der Waals surface area contributed by atoms with Gasteiger partial charge in [0.15, 0.2) is 11.5 Å². The van der Waals surface area contributed by atoms with Crippen molar-refractivity contribution >= 4 is 33.4 Å². The number of amides is 1. The Morgan fingerprint density at radius 2 is 1.84 bits per heavy atom. The maximum absolute atomic E-state index is 12.9. The average Bonchev–Trinajstić information content (AvgIpc) is 3.02. The van der Waals surface area contributed by atoms with E-state index in [4.69, 9.17) is 14.6 Å². The van der Waals surface area contributed by atoms with Crippen molar-refractivity contribution < 1.29 is 34.4 Å². The molecule has 0 spiro atoms. The molecule has 1 aliphatic rings. The lowest BCUT2D eigenvalue weighted by Crippen LogP contribution is -2.33. The fourth-order valence-corrected chi connectivity index (χ4v) is 3.68. The van der Waals surface area contributed by atoms with Crippen LogP contribution in [0.25, 0.3) is 5.76 Å². The van der Waals surface area contributed by atoms with Gasteiger partial charge in [0.05, 0.1) is 38.5 Å². The molecule has 1 unspecified atom stereocenters. The van der Waals surface area contributed by atoms with Crippen LogP contribution < -0.4 is 4.74 Å². The summed E-state index contributed by atoms with van der Waals surface area (Å²) in [6, 6.07) is 10.3. The van der Waals surface area contributed by atoms with Crippen LogP contribution in [0.3, 0.4) is 0 Å². The van der Waals surface area contributed by atoms with Gasteiger partial charge in [0, 0.05) is 16.6 Å². The quantitative estimate of drug-likeness (QED) is 0.225. The second-order valence-electron chi connectivity index (χ2n) is 6.77. The molecule has 9 heteroatoms. The maximum Gasteiger partial charge on any atom is 0.295 e. The maximum atomic E-state index is 12.9. The zero-order chi connectivity index (χ0) is 22.5. The van der Waals surface area contributed by atoms with Crippen LogP contribution in [0, 0.1) is 0 Å². The van der Waals surface area contributed by atoms with Crippen molar-refractivity contribution in [2.24, 2.45) is 0 Å². The molecule has 164 valence electrons. The van der Waals surface area contributed by atoms with Crippen molar-refractivity contribution in [3.63, 3.8) is 0 Å². The molecule has 0 radical (unpaired) electrons. The van der Waals surface area contributed by atoms with E-state index in [-0.39, 0.29) is 49.2 Å².